The highest BCUT2D eigenvalue weighted by Gasteiger charge is 2.37. The molecule has 1 fully saturated rings. The highest BCUT2D eigenvalue weighted by molar-refractivity contribution is 5.26. The van der Waals surface area contributed by atoms with Gasteiger partial charge in [-0.1, -0.05) is 0 Å². The largest absolute Gasteiger partial charge is 0.435 e. The zero-order valence-corrected chi connectivity index (χ0v) is 9.93. The molecule has 0 radical (unpaired) electrons. The minimum absolute atomic E-state index is 0.0889. The van der Waals surface area contributed by atoms with E-state index in [2.05, 4.69) is 10.4 Å². The first-order valence-corrected chi connectivity index (χ1v) is 5.75. The Hall–Kier alpha value is -1.04. The summed E-state index contributed by atoms with van der Waals surface area (Å²) in [6, 6.07) is 0.0889. The van der Waals surface area contributed by atoms with Gasteiger partial charge in [0.15, 0.2) is 5.69 Å². The molecule has 1 aromatic rings. The maximum atomic E-state index is 12.7. The Morgan fingerprint density at radius 1 is 1.24 bits per heavy atom. The van der Waals surface area contributed by atoms with E-state index in [1.165, 1.54) is 6.92 Å². The second-order valence-corrected chi connectivity index (χ2v) is 4.48. The third-order valence-corrected chi connectivity index (χ3v) is 3.37. The molecule has 0 bridgehead atoms. The highest BCUT2D eigenvalue weighted by Crippen LogP contribution is 2.33. The molecular weight excluding hydrogens is 231 g/mol. The lowest BCUT2D eigenvalue weighted by molar-refractivity contribution is -0.142. The number of alkyl halides is 3. The summed E-state index contributed by atoms with van der Waals surface area (Å²) in [4.78, 5) is 0. The van der Waals surface area contributed by atoms with Gasteiger partial charge in [0.1, 0.15) is 0 Å². The third kappa shape index (κ3) is 2.31. The Kier molecular flexibility index (Phi) is 3.16. The second-order valence-electron chi connectivity index (χ2n) is 4.48. The lowest BCUT2D eigenvalue weighted by Gasteiger charge is -2.24. The van der Waals surface area contributed by atoms with Gasteiger partial charge in [-0.15, -0.1) is 0 Å². The molecule has 17 heavy (non-hydrogen) atoms. The zero-order chi connectivity index (χ0) is 12.6. The van der Waals surface area contributed by atoms with E-state index in [1.54, 1.807) is 11.6 Å². The predicted octanol–water partition coefficient (Wildman–Crippen LogP) is 2.44. The van der Waals surface area contributed by atoms with Crippen LogP contribution in [-0.4, -0.2) is 22.9 Å². The maximum absolute atomic E-state index is 12.7. The van der Waals surface area contributed by atoms with Crippen LogP contribution in [-0.2, 0) is 6.18 Å². The Bertz CT molecular complexity index is 403. The van der Waals surface area contributed by atoms with Crippen LogP contribution in [0.4, 0.5) is 13.2 Å². The summed E-state index contributed by atoms with van der Waals surface area (Å²) in [6.45, 7) is 4.87. The molecule has 1 aromatic heterocycles. The van der Waals surface area contributed by atoms with E-state index < -0.39 is 11.9 Å². The topological polar surface area (TPSA) is 29.9 Å². The van der Waals surface area contributed by atoms with Gasteiger partial charge < -0.3 is 5.32 Å². The van der Waals surface area contributed by atoms with Gasteiger partial charge in [-0.25, -0.2) is 0 Å². The molecule has 0 aromatic carbocycles. The van der Waals surface area contributed by atoms with Gasteiger partial charge >= 0.3 is 6.18 Å². The van der Waals surface area contributed by atoms with Crippen LogP contribution >= 0.6 is 0 Å². The van der Waals surface area contributed by atoms with Crippen molar-refractivity contribution in [3.63, 3.8) is 0 Å². The number of piperidine rings is 1. The standard InChI is InChI=1S/C11H16F3N3/c1-7-8(2)17(9-3-5-15-6-4-9)16-10(7)11(12,13)14/h9,15H,3-6H2,1-2H3. The van der Waals surface area contributed by atoms with E-state index in [-0.39, 0.29) is 11.6 Å². The highest BCUT2D eigenvalue weighted by atomic mass is 19.4. The molecule has 0 spiro atoms. The molecule has 1 aliphatic rings. The average Bonchev–Trinajstić information content (AvgIpc) is 2.57. The van der Waals surface area contributed by atoms with Crippen LogP contribution in [0.25, 0.3) is 0 Å². The van der Waals surface area contributed by atoms with Crippen LogP contribution in [0.5, 0.6) is 0 Å². The number of nitrogens with zero attached hydrogens (tertiary/aromatic N) is 2. The van der Waals surface area contributed by atoms with Gasteiger partial charge in [0.05, 0.1) is 6.04 Å². The van der Waals surface area contributed by atoms with Crippen molar-refractivity contribution in [3.05, 3.63) is 17.0 Å². The normalized spacial score (nSPS) is 18.6. The molecule has 1 N–H and O–H groups in total. The van der Waals surface area contributed by atoms with E-state index >= 15 is 0 Å². The van der Waals surface area contributed by atoms with Crippen molar-refractivity contribution < 1.29 is 13.2 Å². The number of hydrogen-bond acceptors (Lipinski definition) is 2. The number of nitrogens with one attached hydrogen (secondary N) is 1. The molecule has 0 saturated carbocycles. The summed E-state index contributed by atoms with van der Waals surface area (Å²) in [5.74, 6) is 0. The van der Waals surface area contributed by atoms with Gasteiger partial charge in [0.25, 0.3) is 0 Å². The summed E-state index contributed by atoms with van der Waals surface area (Å²) < 4.78 is 39.7. The quantitative estimate of drug-likeness (QED) is 0.826. The van der Waals surface area contributed by atoms with Gasteiger partial charge in [0, 0.05) is 11.3 Å². The molecule has 0 atom stereocenters. The molecule has 3 nitrogen and oxygen atoms in total. The minimum atomic E-state index is -4.35. The molecule has 2 heterocycles. The Morgan fingerprint density at radius 2 is 1.82 bits per heavy atom. The van der Waals surface area contributed by atoms with Crippen molar-refractivity contribution >= 4 is 0 Å². The summed E-state index contributed by atoms with van der Waals surface area (Å²) in [7, 11) is 0. The predicted molar refractivity (Wildman–Crippen MR) is 57.8 cm³/mol. The van der Waals surface area contributed by atoms with Crippen molar-refractivity contribution in [2.45, 2.75) is 38.9 Å². The molecule has 0 aliphatic carbocycles. The van der Waals surface area contributed by atoms with Crippen molar-refractivity contribution in [3.8, 4) is 0 Å². The van der Waals surface area contributed by atoms with Crippen LogP contribution in [0.2, 0.25) is 0 Å². The first kappa shape index (κ1) is 12.4. The van der Waals surface area contributed by atoms with Crippen LogP contribution in [0.15, 0.2) is 0 Å². The van der Waals surface area contributed by atoms with E-state index in [0.29, 0.717) is 5.69 Å². The summed E-state index contributed by atoms with van der Waals surface area (Å²) in [5, 5.41) is 6.96. The Balaban J connectivity index is 2.35. The molecule has 6 heteroatoms. The van der Waals surface area contributed by atoms with E-state index in [1.807, 2.05) is 0 Å². The second kappa shape index (κ2) is 4.33. The van der Waals surface area contributed by atoms with Crippen molar-refractivity contribution in [1.29, 1.82) is 0 Å². The molecular formula is C11H16F3N3. The van der Waals surface area contributed by atoms with Crippen molar-refractivity contribution in [2.24, 2.45) is 0 Å². The molecule has 2 rings (SSSR count). The summed E-state index contributed by atoms with van der Waals surface area (Å²) in [6.07, 6.45) is -2.69. The fourth-order valence-electron chi connectivity index (χ4n) is 2.28. The first-order valence-electron chi connectivity index (χ1n) is 5.75. The van der Waals surface area contributed by atoms with Crippen LogP contribution in [0.3, 0.4) is 0 Å². The van der Waals surface area contributed by atoms with E-state index in [4.69, 9.17) is 0 Å². The summed E-state index contributed by atoms with van der Waals surface area (Å²) >= 11 is 0. The third-order valence-electron chi connectivity index (χ3n) is 3.37. The summed E-state index contributed by atoms with van der Waals surface area (Å²) in [5.41, 5.74) is 0.133. The monoisotopic (exact) mass is 247 g/mol. The van der Waals surface area contributed by atoms with Gasteiger partial charge in [-0.2, -0.15) is 18.3 Å². The van der Waals surface area contributed by atoms with Gasteiger partial charge in [-0.05, 0) is 39.8 Å². The van der Waals surface area contributed by atoms with Crippen LogP contribution in [0.1, 0.15) is 35.8 Å². The number of aromatic nitrogens is 2. The van der Waals surface area contributed by atoms with Gasteiger partial charge in [0.2, 0.25) is 0 Å². The lowest BCUT2D eigenvalue weighted by Crippen LogP contribution is -2.30. The molecule has 1 aliphatic heterocycles. The van der Waals surface area contributed by atoms with Crippen molar-refractivity contribution in [2.75, 3.05) is 13.1 Å². The van der Waals surface area contributed by atoms with Crippen LogP contribution < -0.4 is 5.32 Å². The minimum Gasteiger partial charge on any atom is -0.317 e. The van der Waals surface area contributed by atoms with Crippen LogP contribution in [0, 0.1) is 13.8 Å². The molecule has 1 saturated heterocycles. The number of halogens is 3. The first-order chi connectivity index (χ1) is 7.91. The SMILES string of the molecule is Cc1c(C(F)(F)F)nn(C2CCNCC2)c1C. The lowest BCUT2D eigenvalue weighted by atomic mass is 10.1. The molecule has 96 valence electrons. The maximum Gasteiger partial charge on any atom is 0.435 e. The smallest absolute Gasteiger partial charge is 0.317 e. The zero-order valence-electron chi connectivity index (χ0n) is 9.93. The molecule has 0 amide bonds. The van der Waals surface area contributed by atoms with E-state index in [0.717, 1.165) is 25.9 Å². The Labute approximate surface area is 98.0 Å². The van der Waals surface area contributed by atoms with Crippen molar-refractivity contribution in [1.82, 2.24) is 15.1 Å². The number of hydrogen-bond donors (Lipinski definition) is 1. The van der Waals surface area contributed by atoms with Gasteiger partial charge in [-0.3, -0.25) is 4.68 Å². The fraction of sp³-hybridized carbons (Fsp3) is 0.727. The average molecular weight is 247 g/mol. The Morgan fingerprint density at radius 3 is 2.29 bits per heavy atom. The number of rotatable bonds is 1. The molecule has 0 unspecified atom stereocenters. The van der Waals surface area contributed by atoms with E-state index in [9.17, 15) is 13.2 Å². The fourth-order valence-corrected chi connectivity index (χ4v) is 2.28.